The Morgan fingerprint density at radius 1 is 1.44 bits per heavy atom. The summed E-state index contributed by atoms with van der Waals surface area (Å²) in [6.45, 7) is 1.81. The molecule has 0 saturated carbocycles. The number of ether oxygens (including phenoxy) is 1. The molecule has 1 unspecified atom stereocenters. The molecule has 16 heavy (non-hydrogen) atoms. The van der Waals surface area contributed by atoms with Crippen LogP contribution in [0.25, 0.3) is 0 Å². The van der Waals surface area contributed by atoms with Crippen LogP contribution in [-0.2, 0) is 4.74 Å². The van der Waals surface area contributed by atoms with Crippen LogP contribution in [0.4, 0.5) is 8.78 Å². The maximum atomic E-state index is 13.2. The van der Waals surface area contributed by atoms with E-state index in [0.29, 0.717) is 6.42 Å². The SMILES string of the molecule is COC(C)CCC(=O)c1cccc(F)c1F. The van der Waals surface area contributed by atoms with Crippen molar-refractivity contribution in [2.45, 2.75) is 25.9 Å². The second-order valence-electron chi connectivity index (χ2n) is 3.61. The van der Waals surface area contributed by atoms with E-state index in [-0.39, 0.29) is 18.1 Å². The average molecular weight is 228 g/mol. The number of halogens is 2. The lowest BCUT2D eigenvalue weighted by atomic mass is 10.0. The summed E-state index contributed by atoms with van der Waals surface area (Å²) in [4.78, 5) is 11.6. The van der Waals surface area contributed by atoms with E-state index in [1.807, 2.05) is 6.92 Å². The maximum Gasteiger partial charge on any atom is 0.169 e. The molecule has 0 bridgehead atoms. The number of Topliss-reactive ketones (excluding diaryl/α,β-unsaturated/α-hetero) is 1. The van der Waals surface area contributed by atoms with E-state index in [9.17, 15) is 13.6 Å². The second kappa shape index (κ2) is 5.70. The van der Waals surface area contributed by atoms with E-state index < -0.39 is 17.4 Å². The third-order valence-electron chi connectivity index (χ3n) is 2.43. The number of rotatable bonds is 5. The Bertz CT molecular complexity index is 377. The summed E-state index contributed by atoms with van der Waals surface area (Å²) in [5.41, 5.74) is -0.191. The highest BCUT2D eigenvalue weighted by Crippen LogP contribution is 2.15. The molecule has 0 aliphatic heterocycles. The predicted octanol–water partition coefficient (Wildman–Crippen LogP) is 2.96. The van der Waals surface area contributed by atoms with Crippen LogP contribution in [0.1, 0.15) is 30.1 Å². The lowest BCUT2D eigenvalue weighted by molar-refractivity contribution is 0.0874. The predicted molar refractivity (Wildman–Crippen MR) is 56.4 cm³/mol. The third-order valence-corrected chi connectivity index (χ3v) is 2.43. The van der Waals surface area contributed by atoms with Gasteiger partial charge in [0.15, 0.2) is 17.4 Å². The molecule has 0 N–H and O–H groups in total. The van der Waals surface area contributed by atoms with Crippen molar-refractivity contribution >= 4 is 5.78 Å². The highest BCUT2D eigenvalue weighted by atomic mass is 19.2. The first-order valence-corrected chi connectivity index (χ1v) is 5.06. The molecule has 1 rings (SSSR count). The highest BCUT2D eigenvalue weighted by molar-refractivity contribution is 5.96. The quantitative estimate of drug-likeness (QED) is 0.724. The second-order valence-corrected chi connectivity index (χ2v) is 3.61. The highest BCUT2D eigenvalue weighted by Gasteiger charge is 2.15. The topological polar surface area (TPSA) is 26.3 Å². The van der Waals surface area contributed by atoms with E-state index in [1.54, 1.807) is 0 Å². The average Bonchev–Trinajstić information content (AvgIpc) is 2.29. The number of benzene rings is 1. The summed E-state index contributed by atoms with van der Waals surface area (Å²) in [6.07, 6.45) is 0.571. The first-order chi connectivity index (χ1) is 7.56. The van der Waals surface area contributed by atoms with Crippen molar-refractivity contribution in [3.8, 4) is 0 Å². The molecule has 0 fully saturated rings. The van der Waals surface area contributed by atoms with Crippen molar-refractivity contribution in [1.82, 2.24) is 0 Å². The van der Waals surface area contributed by atoms with Crippen molar-refractivity contribution < 1.29 is 18.3 Å². The molecule has 88 valence electrons. The number of methoxy groups -OCH3 is 1. The van der Waals surface area contributed by atoms with Crippen LogP contribution in [-0.4, -0.2) is 19.0 Å². The van der Waals surface area contributed by atoms with Crippen LogP contribution in [0.3, 0.4) is 0 Å². The maximum absolute atomic E-state index is 13.2. The minimum Gasteiger partial charge on any atom is -0.382 e. The Balaban J connectivity index is 2.70. The summed E-state index contributed by atoms with van der Waals surface area (Å²) >= 11 is 0. The van der Waals surface area contributed by atoms with Gasteiger partial charge in [-0.3, -0.25) is 4.79 Å². The molecule has 0 aromatic heterocycles. The Labute approximate surface area is 93.2 Å². The minimum atomic E-state index is -1.07. The molecule has 0 aliphatic carbocycles. The summed E-state index contributed by atoms with van der Waals surface area (Å²) in [5, 5.41) is 0. The molecule has 4 heteroatoms. The number of ketones is 1. The summed E-state index contributed by atoms with van der Waals surface area (Å²) < 4.78 is 31.1. The smallest absolute Gasteiger partial charge is 0.169 e. The Kier molecular flexibility index (Phi) is 4.55. The van der Waals surface area contributed by atoms with Gasteiger partial charge in [-0.15, -0.1) is 0 Å². The van der Waals surface area contributed by atoms with Gasteiger partial charge in [0.05, 0.1) is 11.7 Å². The van der Waals surface area contributed by atoms with Gasteiger partial charge in [-0.25, -0.2) is 8.78 Å². The summed E-state index contributed by atoms with van der Waals surface area (Å²) in [6, 6.07) is 3.60. The van der Waals surface area contributed by atoms with Gasteiger partial charge in [0.2, 0.25) is 0 Å². The van der Waals surface area contributed by atoms with E-state index in [1.165, 1.54) is 19.2 Å². The fourth-order valence-electron chi connectivity index (χ4n) is 1.31. The van der Waals surface area contributed by atoms with Gasteiger partial charge in [0.1, 0.15) is 0 Å². The van der Waals surface area contributed by atoms with Gasteiger partial charge in [0.25, 0.3) is 0 Å². The normalized spacial score (nSPS) is 12.5. The van der Waals surface area contributed by atoms with Crippen LogP contribution in [0.15, 0.2) is 18.2 Å². The number of carbonyl (C=O) groups excluding carboxylic acids is 1. The van der Waals surface area contributed by atoms with Crippen molar-refractivity contribution in [3.05, 3.63) is 35.4 Å². The van der Waals surface area contributed by atoms with Crippen molar-refractivity contribution in [3.63, 3.8) is 0 Å². The van der Waals surface area contributed by atoms with Gasteiger partial charge in [-0.2, -0.15) is 0 Å². The van der Waals surface area contributed by atoms with Crippen LogP contribution < -0.4 is 0 Å². The molecule has 0 radical (unpaired) electrons. The Morgan fingerprint density at radius 2 is 2.12 bits per heavy atom. The minimum absolute atomic E-state index is 0.0689. The van der Waals surface area contributed by atoms with Crippen LogP contribution >= 0.6 is 0 Å². The fraction of sp³-hybridized carbons (Fsp3) is 0.417. The lowest BCUT2D eigenvalue weighted by Crippen LogP contribution is -2.10. The Morgan fingerprint density at radius 3 is 2.75 bits per heavy atom. The summed E-state index contributed by atoms with van der Waals surface area (Å²) in [5.74, 6) is -2.47. The van der Waals surface area contributed by atoms with Gasteiger partial charge >= 0.3 is 0 Å². The largest absolute Gasteiger partial charge is 0.382 e. The molecule has 1 atom stereocenters. The molecular weight excluding hydrogens is 214 g/mol. The van der Waals surface area contributed by atoms with E-state index in [4.69, 9.17) is 4.74 Å². The zero-order chi connectivity index (χ0) is 12.1. The van der Waals surface area contributed by atoms with E-state index in [0.717, 1.165) is 6.07 Å². The van der Waals surface area contributed by atoms with Crippen molar-refractivity contribution in [2.75, 3.05) is 7.11 Å². The monoisotopic (exact) mass is 228 g/mol. The molecule has 1 aromatic rings. The van der Waals surface area contributed by atoms with Crippen LogP contribution in [0, 0.1) is 11.6 Å². The molecule has 2 nitrogen and oxygen atoms in total. The standard InChI is InChI=1S/C12H14F2O2/c1-8(16-2)6-7-11(15)9-4-3-5-10(13)12(9)14/h3-5,8H,6-7H2,1-2H3. The van der Waals surface area contributed by atoms with Crippen molar-refractivity contribution in [1.29, 1.82) is 0 Å². The van der Waals surface area contributed by atoms with Crippen LogP contribution in [0.5, 0.6) is 0 Å². The van der Waals surface area contributed by atoms with Crippen molar-refractivity contribution in [2.24, 2.45) is 0 Å². The zero-order valence-corrected chi connectivity index (χ0v) is 9.30. The van der Waals surface area contributed by atoms with Gasteiger partial charge in [-0.1, -0.05) is 6.07 Å². The van der Waals surface area contributed by atoms with Gasteiger partial charge in [-0.05, 0) is 25.5 Å². The summed E-state index contributed by atoms with van der Waals surface area (Å²) in [7, 11) is 1.54. The van der Waals surface area contributed by atoms with Gasteiger partial charge in [0, 0.05) is 13.5 Å². The van der Waals surface area contributed by atoms with E-state index >= 15 is 0 Å². The molecule has 0 saturated heterocycles. The Hall–Kier alpha value is -1.29. The molecule has 0 spiro atoms. The fourth-order valence-corrected chi connectivity index (χ4v) is 1.31. The molecule has 0 aliphatic rings. The van der Waals surface area contributed by atoms with Gasteiger partial charge < -0.3 is 4.74 Å². The first-order valence-electron chi connectivity index (χ1n) is 5.06. The first kappa shape index (κ1) is 12.8. The zero-order valence-electron chi connectivity index (χ0n) is 9.30. The molecule has 0 heterocycles. The molecule has 1 aromatic carbocycles. The number of carbonyl (C=O) groups is 1. The van der Waals surface area contributed by atoms with E-state index in [2.05, 4.69) is 0 Å². The van der Waals surface area contributed by atoms with Crippen LogP contribution in [0.2, 0.25) is 0 Å². The lowest BCUT2D eigenvalue weighted by Gasteiger charge is -2.08. The molecule has 0 amide bonds. The number of hydrogen-bond donors (Lipinski definition) is 0. The molecular formula is C12H14F2O2. The number of hydrogen-bond acceptors (Lipinski definition) is 2. The third kappa shape index (κ3) is 3.10.